The Labute approximate surface area is 221 Å². The van der Waals surface area contributed by atoms with Gasteiger partial charge in [0.15, 0.2) is 0 Å². The van der Waals surface area contributed by atoms with Gasteiger partial charge in [0.05, 0.1) is 24.0 Å². The summed E-state index contributed by atoms with van der Waals surface area (Å²) in [6, 6.07) is 15.8. The Bertz CT molecular complexity index is 1380. The van der Waals surface area contributed by atoms with Crippen molar-refractivity contribution >= 4 is 34.4 Å². The lowest BCUT2D eigenvalue weighted by Crippen LogP contribution is -2.42. The fourth-order valence-electron chi connectivity index (χ4n) is 5.08. The molecule has 0 saturated heterocycles. The van der Waals surface area contributed by atoms with Crippen molar-refractivity contribution in [1.29, 1.82) is 0 Å². The van der Waals surface area contributed by atoms with Gasteiger partial charge in [-0.2, -0.15) is 9.73 Å². The van der Waals surface area contributed by atoms with Gasteiger partial charge in [0.25, 0.3) is 0 Å². The van der Waals surface area contributed by atoms with Crippen LogP contribution in [0.5, 0.6) is 0 Å². The first-order chi connectivity index (χ1) is 17.9. The van der Waals surface area contributed by atoms with Crippen molar-refractivity contribution in [2.45, 2.75) is 52.5 Å². The predicted octanol–water partition coefficient (Wildman–Crippen LogP) is 6.48. The molecule has 1 saturated carbocycles. The zero-order valence-corrected chi connectivity index (χ0v) is 22.5. The van der Waals surface area contributed by atoms with E-state index < -0.39 is 5.97 Å². The van der Waals surface area contributed by atoms with E-state index in [9.17, 15) is 9.59 Å². The summed E-state index contributed by atoms with van der Waals surface area (Å²) in [7, 11) is 1.38. The summed E-state index contributed by atoms with van der Waals surface area (Å²) in [6.07, 6.45) is 5.63. The minimum Gasteiger partial charge on any atom is -0.465 e. The van der Waals surface area contributed by atoms with Gasteiger partial charge >= 0.3 is 5.97 Å². The van der Waals surface area contributed by atoms with Crippen LogP contribution in [0.3, 0.4) is 0 Å². The Hall–Kier alpha value is -3.52. The highest BCUT2D eigenvalue weighted by Gasteiger charge is 2.33. The molecular formula is C29H32N4O3S. The summed E-state index contributed by atoms with van der Waals surface area (Å²) in [4.78, 5) is 29.7. The maximum Gasteiger partial charge on any atom is 0.350 e. The molecule has 1 amide bonds. The summed E-state index contributed by atoms with van der Waals surface area (Å²) in [5, 5.41) is 8.79. The number of rotatable bonds is 6. The van der Waals surface area contributed by atoms with Gasteiger partial charge in [-0.3, -0.25) is 4.79 Å². The standard InChI is InChI=1S/C29H32N4O3S/c1-18(2)32(28(34)22-9-7-19(3)8-10-22)25-17-26(37-27(25)29(35)36-4)21-13-11-20(12-14-21)24-16-23-6-5-15-30-33(23)31-24/h5-6,11-19,22H,7-10H2,1-4H3. The molecule has 37 heavy (non-hydrogen) atoms. The van der Waals surface area contributed by atoms with Gasteiger partial charge in [0, 0.05) is 28.6 Å². The van der Waals surface area contributed by atoms with Crippen LogP contribution in [0, 0.1) is 11.8 Å². The number of carbonyl (C=O) groups excluding carboxylic acids is 2. The second-order valence-corrected chi connectivity index (χ2v) is 11.2. The molecule has 4 aromatic rings. The van der Waals surface area contributed by atoms with Gasteiger partial charge in [-0.1, -0.05) is 31.2 Å². The number of hydrogen-bond acceptors (Lipinski definition) is 6. The van der Waals surface area contributed by atoms with Gasteiger partial charge in [0.2, 0.25) is 5.91 Å². The molecule has 0 spiro atoms. The van der Waals surface area contributed by atoms with Crippen molar-refractivity contribution in [2.24, 2.45) is 11.8 Å². The molecule has 0 N–H and O–H groups in total. The first kappa shape index (κ1) is 25.1. The highest BCUT2D eigenvalue weighted by molar-refractivity contribution is 7.18. The second kappa shape index (κ2) is 10.5. The van der Waals surface area contributed by atoms with Crippen LogP contribution in [-0.2, 0) is 9.53 Å². The fourth-order valence-corrected chi connectivity index (χ4v) is 6.15. The number of ether oxygens (including phenoxy) is 1. The van der Waals surface area contributed by atoms with E-state index in [1.165, 1.54) is 18.4 Å². The molecule has 7 nitrogen and oxygen atoms in total. The Morgan fingerprint density at radius 2 is 1.76 bits per heavy atom. The molecule has 1 fully saturated rings. The molecule has 0 aliphatic heterocycles. The van der Waals surface area contributed by atoms with Crippen LogP contribution in [0.4, 0.5) is 5.69 Å². The van der Waals surface area contributed by atoms with Crippen LogP contribution < -0.4 is 4.90 Å². The third kappa shape index (κ3) is 5.03. The van der Waals surface area contributed by atoms with Gasteiger partial charge in [-0.25, -0.2) is 4.79 Å². The Morgan fingerprint density at radius 1 is 1.05 bits per heavy atom. The molecule has 0 radical (unpaired) electrons. The second-order valence-electron chi connectivity index (χ2n) is 10.1. The number of fused-ring (bicyclic) bond motifs is 1. The van der Waals surface area contributed by atoms with Crippen molar-refractivity contribution < 1.29 is 14.3 Å². The third-order valence-electron chi connectivity index (χ3n) is 7.17. The first-order valence-electron chi connectivity index (χ1n) is 12.8. The number of anilines is 1. The van der Waals surface area contributed by atoms with Crippen LogP contribution >= 0.6 is 11.3 Å². The van der Waals surface area contributed by atoms with Crippen molar-refractivity contribution in [3.63, 3.8) is 0 Å². The topological polar surface area (TPSA) is 76.8 Å². The summed E-state index contributed by atoms with van der Waals surface area (Å²) < 4.78 is 6.73. The molecule has 1 aliphatic rings. The number of esters is 1. The van der Waals surface area contributed by atoms with Crippen LogP contribution in [-0.4, -0.2) is 39.9 Å². The molecule has 3 aromatic heterocycles. The van der Waals surface area contributed by atoms with Gasteiger partial charge in [0.1, 0.15) is 4.88 Å². The number of thiophene rings is 1. The van der Waals surface area contributed by atoms with E-state index in [0.717, 1.165) is 52.9 Å². The highest BCUT2D eigenvalue weighted by atomic mass is 32.1. The van der Waals surface area contributed by atoms with Crippen molar-refractivity contribution in [3.8, 4) is 21.7 Å². The average molecular weight is 517 g/mol. The fraction of sp³-hybridized carbons (Fsp3) is 0.379. The number of methoxy groups -OCH3 is 1. The van der Waals surface area contributed by atoms with Crippen LogP contribution in [0.1, 0.15) is 56.1 Å². The number of carbonyl (C=O) groups is 2. The molecule has 0 bridgehead atoms. The van der Waals surface area contributed by atoms with Gasteiger partial charge < -0.3 is 9.64 Å². The summed E-state index contributed by atoms with van der Waals surface area (Å²) in [5.74, 6) is 0.337. The lowest BCUT2D eigenvalue weighted by molar-refractivity contribution is -0.123. The Balaban J connectivity index is 1.48. The minimum atomic E-state index is -0.421. The SMILES string of the molecule is COC(=O)c1sc(-c2ccc(-c3cc4cccnn4n3)cc2)cc1N(C(=O)C1CCC(C)CC1)C(C)C. The zero-order chi connectivity index (χ0) is 26.1. The molecule has 0 atom stereocenters. The normalized spacial score (nSPS) is 17.8. The molecule has 8 heteroatoms. The minimum absolute atomic E-state index is 0.00773. The van der Waals surface area contributed by atoms with Crippen LogP contribution in [0.2, 0.25) is 0 Å². The quantitative estimate of drug-likeness (QED) is 0.274. The average Bonchev–Trinajstić information content (AvgIpc) is 3.54. The third-order valence-corrected chi connectivity index (χ3v) is 8.33. The molecule has 5 rings (SSSR count). The molecule has 0 unspecified atom stereocenters. The van der Waals surface area contributed by atoms with Gasteiger partial charge in [-0.05, 0) is 75.3 Å². The number of hydrogen-bond donors (Lipinski definition) is 0. The van der Waals surface area contributed by atoms with E-state index in [4.69, 9.17) is 4.74 Å². The smallest absolute Gasteiger partial charge is 0.350 e. The van der Waals surface area contributed by atoms with Crippen molar-refractivity contribution in [2.75, 3.05) is 12.0 Å². The Morgan fingerprint density at radius 3 is 2.41 bits per heavy atom. The summed E-state index contributed by atoms with van der Waals surface area (Å²) >= 11 is 1.36. The lowest BCUT2D eigenvalue weighted by Gasteiger charge is -2.33. The van der Waals surface area contributed by atoms with E-state index >= 15 is 0 Å². The monoisotopic (exact) mass is 516 g/mol. The summed E-state index contributed by atoms with van der Waals surface area (Å²) in [5.41, 5.74) is 4.35. The number of aromatic nitrogens is 3. The number of nitrogens with zero attached hydrogens (tertiary/aromatic N) is 4. The molecule has 1 aliphatic carbocycles. The van der Waals surface area contributed by atoms with Crippen LogP contribution in [0.25, 0.3) is 27.2 Å². The van der Waals surface area contributed by atoms with Crippen molar-refractivity contribution in [3.05, 3.63) is 59.6 Å². The lowest BCUT2D eigenvalue weighted by atomic mass is 9.82. The van der Waals surface area contributed by atoms with E-state index in [1.54, 1.807) is 10.8 Å². The molecule has 192 valence electrons. The number of amides is 1. The Kier molecular flexibility index (Phi) is 7.11. The number of benzene rings is 1. The van der Waals surface area contributed by atoms with E-state index in [-0.39, 0.29) is 17.9 Å². The van der Waals surface area contributed by atoms with Crippen LogP contribution in [0.15, 0.2) is 54.7 Å². The predicted molar refractivity (Wildman–Crippen MR) is 147 cm³/mol. The van der Waals surface area contributed by atoms with E-state index in [1.807, 2.05) is 67.3 Å². The maximum atomic E-state index is 13.7. The largest absolute Gasteiger partial charge is 0.465 e. The first-order valence-corrected chi connectivity index (χ1v) is 13.6. The van der Waals surface area contributed by atoms with Gasteiger partial charge in [-0.15, -0.1) is 16.4 Å². The summed E-state index contributed by atoms with van der Waals surface area (Å²) in [6.45, 7) is 6.25. The molecular weight excluding hydrogens is 484 g/mol. The van der Waals surface area contributed by atoms with E-state index in [0.29, 0.717) is 16.5 Å². The van der Waals surface area contributed by atoms with Crippen molar-refractivity contribution in [1.82, 2.24) is 14.8 Å². The molecule has 1 aromatic carbocycles. The highest BCUT2D eigenvalue weighted by Crippen LogP contribution is 2.40. The van der Waals surface area contributed by atoms with E-state index in [2.05, 4.69) is 17.1 Å². The molecule has 3 heterocycles. The maximum absolute atomic E-state index is 13.7. The zero-order valence-electron chi connectivity index (χ0n) is 21.7.